The Balaban J connectivity index is 2.43. The SMILES string of the molecule is CCN(CCO)C(C)c1nc2ccccc2n1CCO. The van der Waals surface area contributed by atoms with Gasteiger partial charge in [-0.1, -0.05) is 19.1 Å². The fraction of sp³-hybridized carbons (Fsp3) is 0.533. The molecule has 0 aliphatic heterocycles. The third-order valence-electron chi connectivity index (χ3n) is 3.72. The second kappa shape index (κ2) is 6.83. The Labute approximate surface area is 119 Å². The topological polar surface area (TPSA) is 61.5 Å². The lowest BCUT2D eigenvalue weighted by atomic mass is 10.2. The molecule has 0 aliphatic carbocycles. The van der Waals surface area contributed by atoms with Crippen LogP contribution >= 0.6 is 0 Å². The van der Waals surface area contributed by atoms with Gasteiger partial charge in [0.2, 0.25) is 0 Å². The van der Waals surface area contributed by atoms with Gasteiger partial charge in [0.25, 0.3) is 0 Å². The maximum Gasteiger partial charge on any atom is 0.127 e. The number of imidazole rings is 1. The number of hydrogen-bond donors (Lipinski definition) is 2. The van der Waals surface area contributed by atoms with Crippen molar-refractivity contribution in [3.63, 3.8) is 0 Å². The van der Waals surface area contributed by atoms with Crippen LogP contribution in [0, 0.1) is 0 Å². The molecular weight excluding hydrogens is 254 g/mol. The zero-order valence-electron chi connectivity index (χ0n) is 12.2. The van der Waals surface area contributed by atoms with Crippen LogP contribution in [0.5, 0.6) is 0 Å². The van der Waals surface area contributed by atoms with Crippen molar-refractivity contribution in [2.24, 2.45) is 0 Å². The first-order chi connectivity index (χ1) is 9.72. The van der Waals surface area contributed by atoms with Crippen molar-refractivity contribution in [1.29, 1.82) is 0 Å². The quantitative estimate of drug-likeness (QED) is 0.803. The van der Waals surface area contributed by atoms with Gasteiger partial charge in [-0.05, 0) is 25.6 Å². The molecule has 0 bridgehead atoms. The molecule has 2 N–H and O–H groups in total. The Hall–Kier alpha value is -1.43. The van der Waals surface area contributed by atoms with Gasteiger partial charge in [0.05, 0.1) is 30.3 Å². The molecule has 2 aromatic rings. The molecule has 0 saturated carbocycles. The summed E-state index contributed by atoms with van der Waals surface area (Å²) >= 11 is 0. The second-order valence-electron chi connectivity index (χ2n) is 4.86. The van der Waals surface area contributed by atoms with Crippen LogP contribution in [0.2, 0.25) is 0 Å². The summed E-state index contributed by atoms with van der Waals surface area (Å²) in [7, 11) is 0. The average Bonchev–Trinajstić information content (AvgIpc) is 2.83. The lowest BCUT2D eigenvalue weighted by Crippen LogP contribution is -2.31. The minimum atomic E-state index is 0.0895. The summed E-state index contributed by atoms with van der Waals surface area (Å²) in [6, 6.07) is 8.07. The van der Waals surface area contributed by atoms with Gasteiger partial charge in [-0.3, -0.25) is 4.90 Å². The first kappa shape index (κ1) is 15.0. The van der Waals surface area contributed by atoms with Crippen molar-refractivity contribution in [1.82, 2.24) is 14.5 Å². The molecule has 1 aromatic heterocycles. The number of aliphatic hydroxyl groups excluding tert-OH is 2. The molecule has 1 heterocycles. The summed E-state index contributed by atoms with van der Waals surface area (Å²) in [5.41, 5.74) is 1.99. The number of likely N-dealkylation sites (N-methyl/N-ethyl adjacent to an activating group) is 1. The second-order valence-corrected chi connectivity index (χ2v) is 4.86. The van der Waals surface area contributed by atoms with Gasteiger partial charge in [0.15, 0.2) is 0 Å². The number of fused-ring (bicyclic) bond motifs is 1. The predicted octanol–water partition coefficient (Wildman–Crippen LogP) is 1.40. The standard InChI is InChI=1S/C15H23N3O2/c1-3-17(8-10-19)12(2)15-16-13-6-4-5-7-14(13)18(15)9-11-20/h4-7,12,19-20H,3,8-11H2,1-2H3. The molecule has 2 rings (SSSR count). The van der Waals surface area contributed by atoms with E-state index >= 15 is 0 Å². The van der Waals surface area contributed by atoms with E-state index < -0.39 is 0 Å². The third-order valence-corrected chi connectivity index (χ3v) is 3.72. The molecule has 0 saturated heterocycles. The Kier molecular flexibility index (Phi) is 5.11. The fourth-order valence-electron chi connectivity index (χ4n) is 2.67. The number of benzene rings is 1. The van der Waals surface area contributed by atoms with Gasteiger partial charge < -0.3 is 14.8 Å². The van der Waals surface area contributed by atoms with Crippen LogP contribution in [0.1, 0.15) is 25.7 Å². The highest BCUT2D eigenvalue weighted by atomic mass is 16.3. The van der Waals surface area contributed by atoms with Crippen LogP contribution in [-0.2, 0) is 6.54 Å². The van der Waals surface area contributed by atoms with Crippen LogP contribution in [0.3, 0.4) is 0 Å². The summed E-state index contributed by atoms with van der Waals surface area (Å²) in [4.78, 5) is 6.89. The molecular formula is C15H23N3O2. The van der Waals surface area contributed by atoms with Crippen LogP contribution in [-0.4, -0.2) is 51.0 Å². The number of rotatable bonds is 7. The average molecular weight is 277 g/mol. The van der Waals surface area contributed by atoms with Crippen LogP contribution in [0.25, 0.3) is 11.0 Å². The fourth-order valence-corrected chi connectivity index (χ4v) is 2.67. The van der Waals surface area contributed by atoms with E-state index in [9.17, 15) is 5.11 Å². The van der Waals surface area contributed by atoms with Gasteiger partial charge in [-0.2, -0.15) is 0 Å². The van der Waals surface area contributed by atoms with Gasteiger partial charge >= 0.3 is 0 Å². The van der Waals surface area contributed by atoms with Crippen molar-refractivity contribution in [2.45, 2.75) is 26.4 Å². The number of para-hydroxylation sites is 2. The minimum absolute atomic E-state index is 0.0895. The van der Waals surface area contributed by atoms with E-state index in [2.05, 4.69) is 23.3 Å². The summed E-state index contributed by atoms with van der Waals surface area (Å²) in [6.07, 6.45) is 0. The number of nitrogens with zero attached hydrogens (tertiary/aromatic N) is 3. The predicted molar refractivity (Wildman–Crippen MR) is 79.6 cm³/mol. The highest BCUT2D eigenvalue weighted by molar-refractivity contribution is 5.76. The van der Waals surface area contributed by atoms with E-state index in [1.807, 2.05) is 24.3 Å². The molecule has 1 aromatic carbocycles. The van der Waals surface area contributed by atoms with Crippen molar-refractivity contribution in [3.05, 3.63) is 30.1 Å². The number of aliphatic hydroxyl groups is 2. The highest BCUT2D eigenvalue weighted by Gasteiger charge is 2.20. The zero-order valence-corrected chi connectivity index (χ0v) is 12.2. The maximum atomic E-state index is 9.30. The summed E-state index contributed by atoms with van der Waals surface area (Å²) < 4.78 is 2.07. The Bertz CT molecular complexity index is 553. The molecule has 0 amide bonds. The van der Waals surface area contributed by atoms with E-state index in [1.165, 1.54) is 0 Å². The molecule has 5 nitrogen and oxygen atoms in total. The van der Waals surface area contributed by atoms with Crippen molar-refractivity contribution < 1.29 is 10.2 Å². The van der Waals surface area contributed by atoms with Crippen LogP contribution in [0.4, 0.5) is 0 Å². The van der Waals surface area contributed by atoms with Crippen molar-refractivity contribution >= 4 is 11.0 Å². The molecule has 1 unspecified atom stereocenters. The van der Waals surface area contributed by atoms with Gasteiger partial charge in [0, 0.05) is 13.1 Å². The lowest BCUT2D eigenvalue weighted by Gasteiger charge is -2.27. The lowest BCUT2D eigenvalue weighted by molar-refractivity contribution is 0.157. The first-order valence-corrected chi connectivity index (χ1v) is 7.13. The monoisotopic (exact) mass is 277 g/mol. The molecule has 0 spiro atoms. The Morgan fingerprint density at radius 1 is 1.25 bits per heavy atom. The smallest absolute Gasteiger partial charge is 0.127 e. The summed E-state index contributed by atoms with van der Waals surface area (Å²) in [5, 5.41) is 18.5. The highest BCUT2D eigenvalue weighted by Crippen LogP contribution is 2.24. The largest absolute Gasteiger partial charge is 0.395 e. The third kappa shape index (κ3) is 2.85. The van der Waals surface area contributed by atoms with E-state index in [4.69, 9.17) is 10.1 Å². The summed E-state index contributed by atoms with van der Waals surface area (Å²) in [5.74, 6) is 0.940. The normalized spacial score (nSPS) is 13.2. The zero-order chi connectivity index (χ0) is 14.5. The molecule has 110 valence electrons. The van der Waals surface area contributed by atoms with Crippen molar-refractivity contribution in [2.75, 3.05) is 26.3 Å². The van der Waals surface area contributed by atoms with E-state index in [0.717, 1.165) is 23.4 Å². The summed E-state index contributed by atoms with van der Waals surface area (Å²) in [6.45, 7) is 6.41. The first-order valence-electron chi connectivity index (χ1n) is 7.13. The van der Waals surface area contributed by atoms with Gasteiger partial charge in [-0.25, -0.2) is 4.98 Å². The Morgan fingerprint density at radius 2 is 2.00 bits per heavy atom. The molecule has 20 heavy (non-hydrogen) atoms. The van der Waals surface area contributed by atoms with E-state index in [-0.39, 0.29) is 19.3 Å². The number of hydrogen-bond acceptors (Lipinski definition) is 4. The molecule has 0 aliphatic rings. The van der Waals surface area contributed by atoms with Gasteiger partial charge in [0.1, 0.15) is 5.82 Å². The minimum Gasteiger partial charge on any atom is -0.395 e. The molecule has 1 atom stereocenters. The van der Waals surface area contributed by atoms with Gasteiger partial charge in [-0.15, -0.1) is 0 Å². The number of aromatic nitrogens is 2. The Morgan fingerprint density at radius 3 is 2.65 bits per heavy atom. The van der Waals surface area contributed by atoms with E-state index in [1.54, 1.807) is 0 Å². The van der Waals surface area contributed by atoms with Crippen molar-refractivity contribution in [3.8, 4) is 0 Å². The van der Waals surface area contributed by atoms with Crippen LogP contribution in [0.15, 0.2) is 24.3 Å². The van der Waals surface area contributed by atoms with Crippen LogP contribution < -0.4 is 0 Å². The maximum absolute atomic E-state index is 9.30. The molecule has 0 radical (unpaired) electrons. The molecule has 0 fully saturated rings. The van der Waals surface area contributed by atoms with E-state index in [0.29, 0.717) is 13.1 Å². The molecule has 5 heteroatoms.